The number of nitrogens with zero attached hydrogens (tertiary/aromatic N) is 6. The lowest BCUT2D eigenvalue weighted by atomic mass is 9.83. The third kappa shape index (κ3) is 3.96. The Kier molecular flexibility index (Phi) is 5.83. The fraction of sp³-hybridized carbons (Fsp3) is 0.194. The molecule has 6 aromatic heterocycles. The standard InChI is InChI=1S/C31H28N6O/c1-19-11-9-13-23(32-19)29-27(25-15-5-7-17-36(25)34-29)21(3)31(38)22(4)28-26-16-6-8-18-37(26)35-30(28)24-14-10-12-20(2)33-24/h5-18,21-22H,1-4H3. The number of pyridine rings is 4. The van der Waals surface area contributed by atoms with Crippen molar-refractivity contribution in [2.24, 2.45) is 0 Å². The van der Waals surface area contributed by atoms with Crippen molar-refractivity contribution in [3.63, 3.8) is 0 Å². The number of aromatic nitrogens is 6. The Bertz CT molecular complexity index is 1680. The van der Waals surface area contributed by atoms with Crippen LogP contribution in [0.3, 0.4) is 0 Å². The first-order valence-electron chi connectivity index (χ1n) is 12.8. The van der Waals surface area contributed by atoms with Gasteiger partial charge in [-0.25, -0.2) is 9.03 Å². The third-order valence-electron chi connectivity index (χ3n) is 7.14. The molecule has 0 aliphatic heterocycles. The molecule has 0 bridgehead atoms. The topological polar surface area (TPSA) is 77.5 Å². The Labute approximate surface area is 220 Å². The Hall–Kier alpha value is -4.65. The molecule has 0 saturated carbocycles. The minimum Gasteiger partial charge on any atom is -0.298 e. The maximum atomic E-state index is 14.3. The molecule has 6 aromatic rings. The van der Waals surface area contributed by atoms with Crippen LogP contribution in [-0.4, -0.2) is 35.0 Å². The number of carbonyl (C=O) groups is 1. The second-order valence-corrected chi connectivity index (χ2v) is 9.76. The molecule has 7 nitrogen and oxygen atoms in total. The second-order valence-electron chi connectivity index (χ2n) is 9.76. The lowest BCUT2D eigenvalue weighted by Crippen LogP contribution is -2.18. The van der Waals surface area contributed by atoms with Gasteiger partial charge in [-0.05, 0) is 62.4 Å². The van der Waals surface area contributed by atoms with Gasteiger partial charge in [0, 0.05) is 46.7 Å². The summed E-state index contributed by atoms with van der Waals surface area (Å²) >= 11 is 0. The van der Waals surface area contributed by atoms with Gasteiger partial charge >= 0.3 is 0 Å². The predicted molar refractivity (Wildman–Crippen MR) is 148 cm³/mol. The number of hydrogen-bond donors (Lipinski definition) is 0. The molecule has 0 radical (unpaired) electrons. The summed E-state index contributed by atoms with van der Waals surface area (Å²) in [5.74, 6) is -0.774. The zero-order chi connectivity index (χ0) is 26.4. The van der Waals surface area contributed by atoms with Crippen LogP contribution < -0.4 is 0 Å². The first-order chi connectivity index (χ1) is 18.4. The Morgan fingerprint density at radius 2 is 1.08 bits per heavy atom. The highest BCUT2D eigenvalue weighted by Crippen LogP contribution is 2.38. The fourth-order valence-corrected chi connectivity index (χ4v) is 5.28. The summed E-state index contributed by atoms with van der Waals surface area (Å²) in [5.41, 5.74) is 8.35. The van der Waals surface area contributed by atoms with Crippen LogP contribution in [0.1, 0.15) is 48.2 Å². The minimum atomic E-state index is -0.431. The highest BCUT2D eigenvalue weighted by Gasteiger charge is 2.32. The molecule has 38 heavy (non-hydrogen) atoms. The van der Waals surface area contributed by atoms with E-state index in [1.54, 1.807) is 0 Å². The van der Waals surface area contributed by atoms with E-state index < -0.39 is 11.8 Å². The molecule has 0 spiro atoms. The second kappa shape index (κ2) is 9.34. The van der Waals surface area contributed by atoms with Crippen LogP contribution >= 0.6 is 0 Å². The molecule has 6 rings (SSSR count). The average Bonchev–Trinajstić information content (AvgIpc) is 3.51. The van der Waals surface area contributed by atoms with Crippen molar-refractivity contribution in [1.29, 1.82) is 0 Å². The number of rotatable bonds is 6. The van der Waals surface area contributed by atoms with Crippen LogP contribution in [0.25, 0.3) is 33.8 Å². The van der Waals surface area contributed by atoms with Crippen molar-refractivity contribution in [1.82, 2.24) is 29.2 Å². The van der Waals surface area contributed by atoms with Crippen molar-refractivity contribution in [3.8, 4) is 22.8 Å². The maximum Gasteiger partial charge on any atom is 0.147 e. The van der Waals surface area contributed by atoms with Crippen LogP contribution in [0.2, 0.25) is 0 Å². The summed E-state index contributed by atoms with van der Waals surface area (Å²) in [6.45, 7) is 7.86. The van der Waals surface area contributed by atoms with Crippen LogP contribution in [0.5, 0.6) is 0 Å². The highest BCUT2D eigenvalue weighted by atomic mass is 16.1. The summed E-state index contributed by atoms with van der Waals surface area (Å²) in [4.78, 5) is 23.8. The Morgan fingerprint density at radius 1 is 0.632 bits per heavy atom. The largest absolute Gasteiger partial charge is 0.298 e. The molecule has 0 aliphatic rings. The van der Waals surface area contributed by atoms with E-state index in [0.29, 0.717) is 0 Å². The predicted octanol–water partition coefficient (Wildman–Crippen LogP) is 6.20. The molecule has 0 saturated heterocycles. The van der Waals surface area contributed by atoms with Crippen LogP contribution in [0, 0.1) is 13.8 Å². The van der Waals surface area contributed by atoms with E-state index in [-0.39, 0.29) is 5.78 Å². The van der Waals surface area contributed by atoms with Gasteiger partial charge < -0.3 is 0 Å². The summed E-state index contributed by atoms with van der Waals surface area (Å²) in [5, 5.41) is 9.70. The number of Topliss-reactive ketones (excluding diaryl/α,β-unsaturated/α-hetero) is 1. The molecule has 0 aliphatic carbocycles. The highest BCUT2D eigenvalue weighted by molar-refractivity contribution is 5.97. The maximum absolute atomic E-state index is 14.3. The van der Waals surface area contributed by atoms with Crippen LogP contribution in [0.4, 0.5) is 0 Å². The number of hydrogen-bond acceptors (Lipinski definition) is 5. The van der Waals surface area contributed by atoms with Crippen molar-refractivity contribution < 1.29 is 4.79 Å². The van der Waals surface area contributed by atoms with E-state index in [9.17, 15) is 4.79 Å². The van der Waals surface area contributed by atoms with Gasteiger partial charge in [-0.2, -0.15) is 10.2 Å². The molecule has 0 fully saturated rings. The SMILES string of the molecule is Cc1cccc(-c2nn3ccccc3c2C(C)C(=O)C(C)c2c(-c3cccc(C)n3)nn3ccccc23)n1. The van der Waals surface area contributed by atoms with Crippen LogP contribution in [0.15, 0.2) is 85.2 Å². The number of fused-ring (bicyclic) bond motifs is 2. The van der Waals surface area contributed by atoms with E-state index in [1.165, 1.54) is 0 Å². The zero-order valence-corrected chi connectivity index (χ0v) is 21.8. The van der Waals surface area contributed by atoms with Gasteiger partial charge in [0.15, 0.2) is 0 Å². The monoisotopic (exact) mass is 500 g/mol. The summed E-state index contributed by atoms with van der Waals surface area (Å²) in [6, 6.07) is 23.6. The lowest BCUT2D eigenvalue weighted by Gasteiger charge is -2.18. The van der Waals surface area contributed by atoms with Crippen LogP contribution in [-0.2, 0) is 4.79 Å². The molecule has 6 heterocycles. The average molecular weight is 501 g/mol. The molecular weight excluding hydrogens is 472 g/mol. The summed E-state index contributed by atoms with van der Waals surface area (Å²) in [6.07, 6.45) is 3.82. The third-order valence-corrected chi connectivity index (χ3v) is 7.14. The molecule has 7 heteroatoms. The van der Waals surface area contributed by atoms with Crippen molar-refractivity contribution in [2.45, 2.75) is 39.5 Å². The first kappa shape index (κ1) is 23.7. The molecule has 2 atom stereocenters. The van der Waals surface area contributed by atoms with Gasteiger partial charge in [0.05, 0.1) is 22.4 Å². The first-order valence-corrected chi connectivity index (χ1v) is 12.8. The van der Waals surface area contributed by atoms with Gasteiger partial charge in [0.2, 0.25) is 0 Å². The van der Waals surface area contributed by atoms with Crippen molar-refractivity contribution >= 4 is 16.8 Å². The minimum absolute atomic E-state index is 0.0883. The number of ketones is 1. The molecule has 0 N–H and O–H groups in total. The lowest BCUT2D eigenvalue weighted by molar-refractivity contribution is -0.121. The van der Waals surface area contributed by atoms with E-state index in [1.807, 2.05) is 122 Å². The van der Waals surface area contributed by atoms with Gasteiger partial charge in [-0.15, -0.1) is 0 Å². The molecule has 2 unspecified atom stereocenters. The van der Waals surface area contributed by atoms with E-state index in [4.69, 9.17) is 20.2 Å². The van der Waals surface area contributed by atoms with E-state index in [0.717, 1.165) is 56.3 Å². The summed E-state index contributed by atoms with van der Waals surface area (Å²) in [7, 11) is 0. The molecule has 0 aromatic carbocycles. The smallest absolute Gasteiger partial charge is 0.147 e. The fourth-order valence-electron chi connectivity index (χ4n) is 5.28. The number of carbonyl (C=O) groups excluding carboxylic acids is 1. The zero-order valence-electron chi connectivity index (χ0n) is 21.8. The van der Waals surface area contributed by atoms with Gasteiger partial charge in [0.1, 0.15) is 17.2 Å². The van der Waals surface area contributed by atoms with Gasteiger partial charge in [-0.1, -0.05) is 38.1 Å². The van der Waals surface area contributed by atoms with E-state index >= 15 is 0 Å². The molecular formula is C31H28N6O. The molecule has 188 valence electrons. The van der Waals surface area contributed by atoms with Crippen molar-refractivity contribution in [3.05, 3.63) is 108 Å². The van der Waals surface area contributed by atoms with Crippen molar-refractivity contribution in [2.75, 3.05) is 0 Å². The summed E-state index contributed by atoms with van der Waals surface area (Å²) < 4.78 is 3.67. The van der Waals surface area contributed by atoms with Gasteiger partial charge in [-0.3, -0.25) is 14.8 Å². The Morgan fingerprint density at radius 3 is 1.50 bits per heavy atom. The quantitative estimate of drug-likeness (QED) is 0.272. The van der Waals surface area contributed by atoms with Gasteiger partial charge in [0.25, 0.3) is 0 Å². The number of aryl methyl sites for hydroxylation is 2. The van der Waals surface area contributed by atoms with E-state index in [2.05, 4.69) is 0 Å². The Balaban J connectivity index is 1.49. The normalized spacial score (nSPS) is 13.2. The molecule has 0 amide bonds.